The molecule has 1 fully saturated rings. The summed E-state index contributed by atoms with van der Waals surface area (Å²) in [6.07, 6.45) is 0. The Labute approximate surface area is 127 Å². The third-order valence-electron chi connectivity index (χ3n) is 3.12. The van der Waals surface area contributed by atoms with Crippen molar-refractivity contribution in [1.82, 2.24) is 4.90 Å². The highest BCUT2D eigenvalue weighted by Crippen LogP contribution is 2.25. The number of carbonyl (C=O) groups is 2. The molecule has 0 aliphatic carbocycles. The Bertz CT molecular complexity index is 525. The molecule has 0 radical (unpaired) electrons. The third kappa shape index (κ3) is 4.34. The van der Waals surface area contributed by atoms with Gasteiger partial charge in [0.05, 0.1) is 13.1 Å². The Hall–Kier alpha value is -1.79. The second-order valence-corrected chi connectivity index (χ2v) is 5.56. The zero-order valence-corrected chi connectivity index (χ0v) is 12.3. The first-order valence-corrected chi connectivity index (χ1v) is 6.78. The van der Waals surface area contributed by atoms with Crippen LogP contribution in [-0.2, 0) is 14.3 Å². The van der Waals surface area contributed by atoms with E-state index >= 15 is 0 Å². The summed E-state index contributed by atoms with van der Waals surface area (Å²) in [5.41, 5.74) is -0.589. The largest absolute Gasteiger partial charge is 0.484 e. The average Bonchev–Trinajstić information content (AvgIpc) is 2.41. The summed E-state index contributed by atoms with van der Waals surface area (Å²) in [4.78, 5) is 23.9. The summed E-state index contributed by atoms with van der Waals surface area (Å²) in [5, 5.41) is 9.17. The molecule has 1 heterocycles. The van der Waals surface area contributed by atoms with Crippen LogP contribution in [0.2, 0.25) is 5.02 Å². The number of likely N-dealkylation sites (tertiary alicyclic amines) is 1. The van der Waals surface area contributed by atoms with Gasteiger partial charge in [0.25, 0.3) is 5.91 Å². The SMILES string of the molecule is CC1(OCC(=O)O)CN(C(=O)COc2ccc(Cl)cc2)C1. The lowest BCUT2D eigenvalue weighted by Crippen LogP contribution is -2.64. The predicted molar refractivity (Wildman–Crippen MR) is 75.5 cm³/mol. The van der Waals surface area contributed by atoms with E-state index in [1.165, 1.54) is 0 Å². The number of amides is 1. The van der Waals surface area contributed by atoms with Gasteiger partial charge in [-0.1, -0.05) is 11.6 Å². The monoisotopic (exact) mass is 313 g/mol. The molecule has 0 bridgehead atoms. The van der Waals surface area contributed by atoms with E-state index < -0.39 is 11.6 Å². The third-order valence-corrected chi connectivity index (χ3v) is 3.38. The molecule has 1 aromatic rings. The van der Waals surface area contributed by atoms with Crippen molar-refractivity contribution in [2.24, 2.45) is 0 Å². The number of carboxylic acid groups (broad SMARTS) is 1. The van der Waals surface area contributed by atoms with E-state index in [-0.39, 0.29) is 19.1 Å². The summed E-state index contributed by atoms with van der Waals surface area (Å²) in [5.74, 6) is -0.619. The normalized spacial score (nSPS) is 16.2. The molecule has 1 saturated heterocycles. The van der Waals surface area contributed by atoms with Gasteiger partial charge in [0.1, 0.15) is 18.0 Å². The Morgan fingerprint density at radius 3 is 2.48 bits per heavy atom. The average molecular weight is 314 g/mol. The van der Waals surface area contributed by atoms with Gasteiger partial charge in [0, 0.05) is 5.02 Å². The van der Waals surface area contributed by atoms with Crippen molar-refractivity contribution in [1.29, 1.82) is 0 Å². The van der Waals surface area contributed by atoms with Gasteiger partial charge in [-0.2, -0.15) is 0 Å². The van der Waals surface area contributed by atoms with Gasteiger partial charge in [-0.3, -0.25) is 4.79 Å². The van der Waals surface area contributed by atoms with Crippen LogP contribution in [0.15, 0.2) is 24.3 Å². The molecule has 1 amide bonds. The van der Waals surface area contributed by atoms with Crippen molar-refractivity contribution in [3.05, 3.63) is 29.3 Å². The Balaban J connectivity index is 1.73. The molecule has 114 valence electrons. The van der Waals surface area contributed by atoms with Gasteiger partial charge in [0.15, 0.2) is 6.61 Å². The summed E-state index contributed by atoms with van der Waals surface area (Å²) in [6, 6.07) is 6.74. The van der Waals surface area contributed by atoms with Crippen LogP contribution in [0.25, 0.3) is 0 Å². The molecule has 1 aliphatic heterocycles. The molecular weight excluding hydrogens is 298 g/mol. The van der Waals surface area contributed by atoms with Crippen molar-refractivity contribution >= 4 is 23.5 Å². The summed E-state index contributed by atoms with van der Waals surface area (Å²) >= 11 is 5.75. The quantitative estimate of drug-likeness (QED) is 0.859. The standard InChI is InChI=1S/C14H16ClNO5/c1-14(21-7-13(18)19)8-16(9-14)12(17)6-20-11-4-2-10(15)3-5-11/h2-5H,6-9H2,1H3,(H,18,19). The van der Waals surface area contributed by atoms with E-state index in [9.17, 15) is 9.59 Å². The predicted octanol–water partition coefficient (Wildman–Crippen LogP) is 1.42. The highest BCUT2D eigenvalue weighted by Gasteiger charge is 2.42. The number of carbonyl (C=O) groups excluding carboxylic acids is 1. The number of hydrogen-bond acceptors (Lipinski definition) is 4. The van der Waals surface area contributed by atoms with Gasteiger partial charge < -0.3 is 19.5 Å². The zero-order chi connectivity index (χ0) is 15.5. The Kier molecular flexibility index (Phi) is 4.69. The van der Waals surface area contributed by atoms with Crippen LogP contribution in [0.1, 0.15) is 6.92 Å². The number of hydrogen-bond donors (Lipinski definition) is 1. The molecular formula is C14H16ClNO5. The number of nitrogens with zero attached hydrogens (tertiary/aromatic N) is 1. The van der Waals surface area contributed by atoms with Crippen LogP contribution in [0.3, 0.4) is 0 Å². The molecule has 1 N–H and O–H groups in total. The molecule has 6 nitrogen and oxygen atoms in total. The molecule has 1 aromatic carbocycles. The number of carboxylic acids is 1. The van der Waals surface area contributed by atoms with Crippen molar-refractivity contribution in [3.8, 4) is 5.75 Å². The van der Waals surface area contributed by atoms with E-state index in [2.05, 4.69) is 0 Å². The van der Waals surface area contributed by atoms with Crippen LogP contribution < -0.4 is 4.74 Å². The topological polar surface area (TPSA) is 76.1 Å². The molecule has 7 heteroatoms. The van der Waals surface area contributed by atoms with E-state index in [1.807, 2.05) is 0 Å². The lowest BCUT2D eigenvalue weighted by Gasteiger charge is -2.47. The van der Waals surface area contributed by atoms with Gasteiger partial charge in [-0.15, -0.1) is 0 Å². The van der Waals surface area contributed by atoms with Crippen LogP contribution in [0, 0.1) is 0 Å². The molecule has 1 aliphatic rings. The van der Waals surface area contributed by atoms with E-state index in [4.69, 9.17) is 26.2 Å². The van der Waals surface area contributed by atoms with E-state index in [0.29, 0.717) is 23.9 Å². The van der Waals surface area contributed by atoms with Crippen LogP contribution >= 0.6 is 11.6 Å². The van der Waals surface area contributed by atoms with Crippen LogP contribution in [0.5, 0.6) is 5.75 Å². The molecule has 21 heavy (non-hydrogen) atoms. The van der Waals surface area contributed by atoms with Crippen molar-refractivity contribution in [2.45, 2.75) is 12.5 Å². The number of aliphatic carboxylic acids is 1. The minimum Gasteiger partial charge on any atom is -0.484 e. The first-order chi connectivity index (χ1) is 9.88. The van der Waals surface area contributed by atoms with Gasteiger partial charge >= 0.3 is 5.97 Å². The smallest absolute Gasteiger partial charge is 0.329 e. The maximum Gasteiger partial charge on any atom is 0.329 e. The lowest BCUT2D eigenvalue weighted by atomic mass is 9.96. The fraction of sp³-hybridized carbons (Fsp3) is 0.429. The first-order valence-electron chi connectivity index (χ1n) is 6.40. The van der Waals surface area contributed by atoms with Gasteiger partial charge in [0.2, 0.25) is 0 Å². The molecule has 0 aromatic heterocycles. The van der Waals surface area contributed by atoms with Gasteiger partial charge in [-0.25, -0.2) is 4.79 Å². The lowest BCUT2D eigenvalue weighted by molar-refractivity contribution is -0.174. The highest BCUT2D eigenvalue weighted by molar-refractivity contribution is 6.30. The van der Waals surface area contributed by atoms with Crippen LogP contribution in [-0.4, -0.2) is 53.8 Å². The highest BCUT2D eigenvalue weighted by atomic mass is 35.5. The number of ether oxygens (including phenoxy) is 2. The van der Waals surface area contributed by atoms with Crippen molar-refractivity contribution in [2.75, 3.05) is 26.3 Å². The molecule has 2 rings (SSSR count). The van der Waals surface area contributed by atoms with Crippen molar-refractivity contribution in [3.63, 3.8) is 0 Å². The fourth-order valence-electron chi connectivity index (χ4n) is 2.03. The molecule has 0 unspecified atom stereocenters. The molecule has 0 spiro atoms. The van der Waals surface area contributed by atoms with Crippen molar-refractivity contribution < 1.29 is 24.2 Å². The Morgan fingerprint density at radius 1 is 1.29 bits per heavy atom. The number of halogens is 1. The summed E-state index contributed by atoms with van der Waals surface area (Å²) in [6.45, 7) is 2.07. The fourth-order valence-corrected chi connectivity index (χ4v) is 2.16. The minimum atomic E-state index is -1.02. The number of rotatable bonds is 6. The van der Waals surface area contributed by atoms with Crippen LogP contribution in [0.4, 0.5) is 0 Å². The maximum absolute atomic E-state index is 11.9. The van der Waals surface area contributed by atoms with Gasteiger partial charge in [-0.05, 0) is 31.2 Å². The summed E-state index contributed by atoms with van der Waals surface area (Å²) in [7, 11) is 0. The summed E-state index contributed by atoms with van der Waals surface area (Å²) < 4.78 is 10.6. The maximum atomic E-state index is 11.9. The molecule has 0 atom stereocenters. The second kappa shape index (κ2) is 6.32. The Morgan fingerprint density at radius 2 is 1.90 bits per heavy atom. The number of benzene rings is 1. The first kappa shape index (κ1) is 15.6. The minimum absolute atomic E-state index is 0.0728. The van der Waals surface area contributed by atoms with E-state index in [0.717, 1.165) is 0 Å². The zero-order valence-electron chi connectivity index (χ0n) is 11.5. The molecule has 0 saturated carbocycles. The second-order valence-electron chi connectivity index (χ2n) is 5.12. The van der Waals surface area contributed by atoms with E-state index in [1.54, 1.807) is 36.1 Å².